The van der Waals surface area contributed by atoms with Crippen molar-refractivity contribution in [1.29, 1.82) is 0 Å². The summed E-state index contributed by atoms with van der Waals surface area (Å²) >= 11 is 1.32. The van der Waals surface area contributed by atoms with Gasteiger partial charge in [0.2, 0.25) is 11.0 Å². The number of aromatic nitrogens is 2. The highest BCUT2D eigenvalue weighted by molar-refractivity contribution is 7.13. The van der Waals surface area contributed by atoms with Crippen molar-refractivity contribution in [1.82, 2.24) is 20.0 Å². The lowest BCUT2D eigenvalue weighted by atomic mass is 9.96. The van der Waals surface area contributed by atoms with Gasteiger partial charge in [-0.05, 0) is 38.9 Å². The standard InChI is InChI=1S/C13H23N5O2S/c1-17(9-12(20)15-13-16-14-10-21-13)8-11-2-4-18(5-3-11)6-7-19/h10-11,19H,2-9H2,1H3,(H,15,16,20). The van der Waals surface area contributed by atoms with Crippen LogP contribution in [0.15, 0.2) is 5.51 Å². The second-order valence-corrected chi connectivity index (χ2v) is 6.33. The Labute approximate surface area is 129 Å². The number of aliphatic hydroxyl groups excluding tert-OH is 1. The number of hydrogen-bond donors (Lipinski definition) is 2. The third-order valence-electron chi connectivity index (χ3n) is 3.71. The van der Waals surface area contributed by atoms with Gasteiger partial charge in [0.15, 0.2) is 0 Å². The van der Waals surface area contributed by atoms with Gasteiger partial charge in [0.1, 0.15) is 5.51 Å². The van der Waals surface area contributed by atoms with Crippen LogP contribution in [0.3, 0.4) is 0 Å². The number of likely N-dealkylation sites (N-methyl/N-ethyl adjacent to an activating group) is 1. The summed E-state index contributed by atoms with van der Waals surface area (Å²) in [7, 11) is 1.97. The zero-order chi connectivity index (χ0) is 15.1. The number of nitrogens with one attached hydrogen (secondary N) is 1. The van der Waals surface area contributed by atoms with Gasteiger partial charge in [-0.25, -0.2) is 0 Å². The predicted octanol–water partition coefficient (Wildman–Crippen LogP) is 0.113. The van der Waals surface area contributed by atoms with Crippen LogP contribution in [0.5, 0.6) is 0 Å². The van der Waals surface area contributed by atoms with Crippen molar-refractivity contribution in [3.05, 3.63) is 5.51 Å². The molecule has 0 aliphatic carbocycles. The Balaban J connectivity index is 1.65. The first-order valence-corrected chi connectivity index (χ1v) is 8.13. The Kier molecular flexibility index (Phi) is 6.50. The Morgan fingerprint density at radius 3 is 2.95 bits per heavy atom. The molecule has 7 nitrogen and oxygen atoms in total. The quantitative estimate of drug-likeness (QED) is 0.744. The van der Waals surface area contributed by atoms with Gasteiger partial charge in [0.05, 0.1) is 13.2 Å². The van der Waals surface area contributed by atoms with E-state index in [0.717, 1.165) is 39.0 Å². The van der Waals surface area contributed by atoms with E-state index < -0.39 is 0 Å². The summed E-state index contributed by atoms with van der Waals surface area (Å²) in [5.41, 5.74) is 1.60. The summed E-state index contributed by atoms with van der Waals surface area (Å²) in [6, 6.07) is 0. The highest BCUT2D eigenvalue weighted by Gasteiger charge is 2.20. The fraction of sp³-hybridized carbons (Fsp3) is 0.769. The Morgan fingerprint density at radius 2 is 2.33 bits per heavy atom. The zero-order valence-electron chi connectivity index (χ0n) is 12.4. The number of β-amino-alcohol motifs (C(OH)–C–C–N with tert-alkyl or cyclic N) is 1. The molecule has 0 unspecified atom stereocenters. The van der Waals surface area contributed by atoms with Gasteiger partial charge in [0.25, 0.3) is 0 Å². The van der Waals surface area contributed by atoms with Crippen LogP contribution in [0.25, 0.3) is 0 Å². The molecule has 2 heterocycles. The molecule has 21 heavy (non-hydrogen) atoms. The molecule has 1 amide bonds. The van der Waals surface area contributed by atoms with Gasteiger partial charge in [0, 0.05) is 13.1 Å². The van der Waals surface area contributed by atoms with E-state index in [1.165, 1.54) is 11.3 Å². The highest BCUT2D eigenvalue weighted by Crippen LogP contribution is 2.17. The fourth-order valence-corrected chi connectivity index (χ4v) is 3.13. The van der Waals surface area contributed by atoms with Crippen LogP contribution in [0.1, 0.15) is 12.8 Å². The maximum atomic E-state index is 11.8. The van der Waals surface area contributed by atoms with Crippen molar-refractivity contribution >= 4 is 22.4 Å². The number of anilines is 1. The van der Waals surface area contributed by atoms with Crippen LogP contribution in [0.4, 0.5) is 5.13 Å². The average molecular weight is 313 g/mol. The molecule has 1 aliphatic rings. The molecule has 0 radical (unpaired) electrons. The molecule has 0 spiro atoms. The Morgan fingerprint density at radius 1 is 1.57 bits per heavy atom. The molecule has 1 aromatic rings. The number of amides is 1. The average Bonchev–Trinajstić information content (AvgIpc) is 2.93. The summed E-state index contributed by atoms with van der Waals surface area (Å²) in [4.78, 5) is 16.2. The van der Waals surface area contributed by atoms with Crippen molar-refractivity contribution in [2.75, 3.05) is 51.7 Å². The van der Waals surface area contributed by atoms with E-state index in [2.05, 4.69) is 25.3 Å². The van der Waals surface area contributed by atoms with Gasteiger partial charge in [-0.1, -0.05) is 11.3 Å². The number of piperidine rings is 1. The number of rotatable bonds is 7. The monoisotopic (exact) mass is 313 g/mol. The van der Waals surface area contributed by atoms with Crippen molar-refractivity contribution < 1.29 is 9.90 Å². The lowest BCUT2D eigenvalue weighted by Crippen LogP contribution is -2.40. The molecule has 8 heteroatoms. The molecule has 1 aromatic heterocycles. The molecular weight excluding hydrogens is 290 g/mol. The van der Waals surface area contributed by atoms with Crippen molar-refractivity contribution in [2.45, 2.75) is 12.8 Å². The SMILES string of the molecule is CN(CC(=O)Nc1nncs1)CC1CCN(CCO)CC1. The highest BCUT2D eigenvalue weighted by atomic mass is 32.1. The number of hydrogen-bond acceptors (Lipinski definition) is 7. The summed E-state index contributed by atoms with van der Waals surface area (Å²) in [5.74, 6) is 0.575. The van der Waals surface area contributed by atoms with E-state index in [9.17, 15) is 4.79 Å². The molecule has 1 fully saturated rings. The van der Waals surface area contributed by atoms with E-state index in [0.29, 0.717) is 17.6 Å². The van der Waals surface area contributed by atoms with Gasteiger partial charge >= 0.3 is 0 Å². The summed E-state index contributed by atoms with van der Waals surface area (Å²) in [6.45, 7) is 4.38. The lowest BCUT2D eigenvalue weighted by molar-refractivity contribution is -0.117. The molecular formula is C13H23N5O2S. The van der Waals surface area contributed by atoms with Crippen molar-refractivity contribution in [2.24, 2.45) is 5.92 Å². The molecule has 1 saturated heterocycles. The largest absolute Gasteiger partial charge is 0.395 e. The van der Waals surface area contributed by atoms with E-state index >= 15 is 0 Å². The number of nitrogens with zero attached hydrogens (tertiary/aromatic N) is 4. The topological polar surface area (TPSA) is 81.6 Å². The molecule has 0 bridgehead atoms. The van der Waals surface area contributed by atoms with E-state index in [-0.39, 0.29) is 12.5 Å². The molecule has 0 atom stereocenters. The predicted molar refractivity (Wildman–Crippen MR) is 82.3 cm³/mol. The van der Waals surface area contributed by atoms with Crippen LogP contribution in [-0.2, 0) is 4.79 Å². The van der Waals surface area contributed by atoms with E-state index in [1.54, 1.807) is 5.51 Å². The zero-order valence-corrected chi connectivity index (χ0v) is 13.2. The molecule has 2 rings (SSSR count). The van der Waals surface area contributed by atoms with Gasteiger partial charge in [-0.2, -0.15) is 0 Å². The third-order valence-corrected chi connectivity index (χ3v) is 4.32. The molecule has 118 valence electrons. The first-order chi connectivity index (χ1) is 10.2. The summed E-state index contributed by atoms with van der Waals surface area (Å²) in [5, 5.41) is 19.7. The number of aliphatic hydroxyl groups is 1. The maximum Gasteiger partial charge on any atom is 0.240 e. The van der Waals surface area contributed by atoms with Gasteiger partial charge in [-0.3, -0.25) is 15.0 Å². The first-order valence-electron chi connectivity index (χ1n) is 7.25. The minimum atomic E-state index is -0.0491. The normalized spacial score (nSPS) is 17.3. The first kappa shape index (κ1) is 16.3. The minimum absolute atomic E-state index is 0.0491. The van der Waals surface area contributed by atoms with Crippen LogP contribution in [-0.4, -0.2) is 77.4 Å². The molecule has 0 aromatic carbocycles. The second kappa shape index (κ2) is 8.38. The molecule has 1 aliphatic heterocycles. The van der Waals surface area contributed by atoms with Crippen LogP contribution in [0.2, 0.25) is 0 Å². The molecule has 2 N–H and O–H groups in total. The van der Waals surface area contributed by atoms with Gasteiger partial charge < -0.3 is 10.0 Å². The van der Waals surface area contributed by atoms with E-state index in [1.807, 2.05) is 7.05 Å². The summed E-state index contributed by atoms with van der Waals surface area (Å²) in [6.07, 6.45) is 2.25. The van der Waals surface area contributed by atoms with Gasteiger partial charge in [-0.15, -0.1) is 10.2 Å². The Hall–Kier alpha value is -1.09. The fourth-order valence-electron chi connectivity index (χ4n) is 2.67. The van der Waals surface area contributed by atoms with Crippen molar-refractivity contribution in [3.8, 4) is 0 Å². The number of likely N-dealkylation sites (tertiary alicyclic amines) is 1. The second-order valence-electron chi connectivity index (χ2n) is 5.50. The third kappa shape index (κ3) is 5.66. The van der Waals surface area contributed by atoms with Crippen LogP contribution >= 0.6 is 11.3 Å². The molecule has 0 saturated carbocycles. The summed E-state index contributed by atoms with van der Waals surface area (Å²) < 4.78 is 0. The number of carbonyl (C=O) groups excluding carboxylic acids is 1. The maximum absolute atomic E-state index is 11.8. The minimum Gasteiger partial charge on any atom is -0.395 e. The van der Waals surface area contributed by atoms with Crippen LogP contribution in [0, 0.1) is 5.92 Å². The van der Waals surface area contributed by atoms with Crippen molar-refractivity contribution in [3.63, 3.8) is 0 Å². The lowest BCUT2D eigenvalue weighted by Gasteiger charge is -2.33. The number of carbonyl (C=O) groups is 1. The van der Waals surface area contributed by atoms with Crippen LogP contribution < -0.4 is 5.32 Å². The van der Waals surface area contributed by atoms with E-state index in [4.69, 9.17) is 5.11 Å². The smallest absolute Gasteiger partial charge is 0.240 e. The Bertz CT molecular complexity index is 420.